The lowest BCUT2D eigenvalue weighted by molar-refractivity contribution is -0.252. The van der Waals surface area contributed by atoms with Crippen molar-refractivity contribution < 1.29 is 57.8 Å². The fraction of sp³-hybridized carbons (Fsp3) is 0.404. The number of methoxy groups -OCH3 is 2. The second-order valence-electron chi connectivity index (χ2n) is 17.1. The van der Waals surface area contributed by atoms with E-state index in [0.29, 0.717) is 58.6 Å². The van der Waals surface area contributed by atoms with Crippen molar-refractivity contribution in [2.75, 3.05) is 53.2 Å². The van der Waals surface area contributed by atoms with E-state index in [-0.39, 0.29) is 69.1 Å². The van der Waals surface area contributed by atoms with Crippen LogP contribution in [-0.2, 0) is 16.2 Å². The molecule has 1 saturated carbocycles. The van der Waals surface area contributed by atoms with Gasteiger partial charge >= 0.3 is 6.09 Å². The Balaban J connectivity index is 1.26. The van der Waals surface area contributed by atoms with Crippen LogP contribution in [0.25, 0.3) is 0 Å². The van der Waals surface area contributed by atoms with Crippen molar-refractivity contribution in [2.24, 2.45) is 22.9 Å². The van der Waals surface area contributed by atoms with E-state index in [2.05, 4.69) is 18.0 Å². The number of hydrogen-bond acceptors (Lipinski definition) is 13. The largest absolute Gasteiger partial charge is 0.497 e. The number of oxime groups is 1. The van der Waals surface area contributed by atoms with E-state index in [9.17, 15) is 19.8 Å². The first-order valence-electron chi connectivity index (χ1n) is 22.8. The number of nitrogens with zero attached hydrogens (tertiary/aromatic N) is 2. The summed E-state index contributed by atoms with van der Waals surface area (Å²) in [5, 5.41) is 27.6. The van der Waals surface area contributed by atoms with Crippen LogP contribution < -0.4 is 33.7 Å². The minimum Gasteiger partial charge on any atom is -0.497 e. The molecule has 6 atom stereocenters. The minimum atomic E-state index is -1.49. The van der Waals surface area contributed by atoms with Gasteiger partial charge in [0.2, 0.25) is 12.6 Å². The molecular weight excluding hydrogens is 859 g/mol. The van der Waals surface area contributed by atoms with Gasteiger partial charge in [-0.1, -0.05) is 60.5 Å². The quantitative estimate of drug-likeness (QED) is 0.0438. The van der Waals surface area contributed by atoms with E-state index >= 15 is 0 Å². The van der Waals surface area contributed by atoms with Crippen molar-refractivity contribution in [1.82, 2.24) is 4.90 Å². The number of hydrogen-bond donors (Lipinski definition) is 3. The van der Waals surface area contributed by atoms with Gasteiger partial charge in [0.25, 0.3) is 5.91 Å². The highest BCUT2D eigenvalue weighted by molar-refractivity contribution is 6.03. The number of aliphatic hydroxyl groups excluding tert-OH is 2. The zero-order valence-corrected chi connectivity index (χ0v) is 38.2. The van der Waals surface area contributed by atoms with Crippen LogP contribution in [0.1, 0.15) is 72.3 Å². The Kier molecular flexibility index (Phi) is 15.0. The molecular formula is C52H59N3O12. The molecule has 4 aromatic rings. The maximum atomic E-state index is 14.8. The lowest BCUT2D eigenvalue weighted by Gasteiger charge is -2.59. The monoisotopic (exact) mass is 917 g/mol. The molecule has 4 aromatic carbocycles. The number of likely N-dealkylation sites (N-methyl/N-ethyl adjacent to an activating group) is 1. The number of benzene rings is 4. The van der Waals surface area contributed by atoms with E-state index < -0.39 is 23.8 Å². The van der Waals surface area contributed by atoms with Crippen molar-refractivity contribution >= 4 is 23.4 Å². The van der Waals surface area contributed by atoms with Crippen LogP contribution in [0.2, 0.25) is 0 Å². The highest BCUT2D eigenvalue weighted by atomic mass is 16.7. The average molecular weight is 918 g/mol. The third kappa shape index (κ3) is 9.95. The number of fused-ring (bicyclic) bond motifs is 3. The molecule has 67 heavy (non-hydrogen) atoms. The summed E-state index contributed by atoms with van der Waals surface area (Å²) in [5.41, 5.74) is 4.03. The third-order valence-corrected chi connectivity index (χ3v) is 13.2. The highest BCUT2D eigenvalue weighted by Gasteiger charge is 2.65. The van der Waals surface area contributed by atoms with Crippen LogP contribution in [0.4, 0.5) is 10.5 Å². The van der Waals surface area contributed by atoms with Crippen LogP contribution in [0.15, 0.2) is 114 Å². The summed E-state index contributed by atoms with van der Waals surface area (Å²) >= 11 is 0. The van der Waals surface area contributed by atoms with Crippen molar-refractivity contribution in [1.29, 1.82) is 0 Å². The SMILES string of the molecule is C=CCOC12Oc3ccc(OC(=O)Nc4ccc(OC)cc4OC)cc3C3C(CCCCO)C(CCCCO)C=C(C(=NOCc4ccccc4)CC1N(C)C(=O)c1ccc4c(c1)OCO4)C32. The summed E-state index contributed by atoms with van der Waals surface area (Å²) in [6, 6.07) is 24.5. The highest BCUT2D eigenvalue weighted by Crippen LogP contribution is 2.62. The number of rotatable bonds is 20. The number of nitrogens with one attached hydrogen (secondary N) is 1. The van der Waals surface area contributed by atoms with Gasteiger partial charge in [0.15, 0.2) is 11.5 Å². The van der Waals surface area contributed by atoms with Gasteiger partial charge in [-0.3, -0.25) is 10.1 Å². The van der Waals surface area contributed by atoms with Gasteiger partial charge in [-0.25, -0.2) is 4.79 Å². The van der Waals surface area contributed by atoms with E-state index in [1.54, 1.807) is 73.7 Å². The summed E-state index contributed by atoms with van der Waals surface area (Å²) in [4.78, 5) is 36.3. The fourth-order valence-electron chi connectivity index (χ4n) is 10.1. The summed E-state index contributed by atoms with van der Waals surface area (Å²) in [5.74, 6) is -0.0147. The Morgan fingerprint density at radius 1 is 0.896 bits per heavy atom. The first-order valence-corrected chi connectivity index (χ1v) is 22.8. The number of amides is 2. The van der Waals surface area contributed by atoms with Gasteiger partial charge in [-0.15, -0.1) is 6.58 Å². The van der Waals surface area contributed by atoms with Gasteiger partial charge in [0.1, 0.15) is 35.6 Å². The maximum absolute atomic E-state index is 14.8. The molecule has 15 nitrogen and oxygen atoms in total. The first-order chi connectivity index (χ1) is 32.7. The molecule has 0 spiro atoms. The lowest BCUT2D eigenvalue weighted by Crippen LogP contribution is -2.69. The number of ether oxygens (including phenoxy) is 7. The molecule has 0 aromatic heterocycles. The maximum Gasteiger partial charge on any atom is 0.417 e. The molecule has 0 radical (unpaired) electrons. The molecule has 6 unspecified atom stereocenters. The Morgan fingerprint density at radius 2 is 1.66 bits per heavy atom. The second kappa shape index (κ2) is 21.4. The van der Waals surface area contributed by atoms with Crippen LogP contribution in [-0.4, -0.2) is 92.5 Å². The zero-order chi connectivity index (χ0) is 46.9. The van der Waals surface area contributed by atoms with Crippen molar-refractivity contribution in [2.45, 2.75) is 69.3 Å². The van der Waals surface area contributed by atoms with Crippen molar-refractivity contribution in [3.05, 3.63) is 126 Å². The molecule has 4 aliphatic rings. The summed E-state index contributed by atoms with van der Waals surface area (Å²) in [6.45, 7) is 4.50. The van der Waals surface area contributed by atoms with Crippen molar-refractivity contribution in [3.63, 3.8) is 0 Å². The molecule has 0 bridgehead atoms. The molecule has 2 heterocycles. The average Bonchev–Trinajstić information content (AvgIpc) is 3.83. The van der Waals surface area contributed by atoms with Gasteiger partial charge < -0.3 is 53.1 Å². The molecule has 3 N–H and O–H groups in total. The number of unbranched alkanes of at least 4 members (excludes halogenated alkanes) is 2. The predicted molar refractivity (Wildman–Crippen MR) is 250 cm³/mol. The summed E-state index contributed by atoms with van der Waals surface area (Å²) in [6.07, 6.45) is 7.64. The topological polar surface area (TPSA) is 176 Å². The third-order valence-electron chi connectivity index (χ3n) is 13.2. The standard InChI is InChI=1S/C52H59N3O12/c1-5-25-64-52-47(55(2)50(58)35-17-21-44-46(27-35)63-32-62-44)30-42(54-65-31-33-13-7-6-8-14-33)39-26-34(15-9-11-23-56)38(16-10-12-24-57)48(49(39)52)40-28-37(19-22-43(40)67-52)66-51(59)53-41-20-18-36(60-3)29-45(41)61-4/h5-8,13-14,17-22,26-29,34,38,47-49,56-57H,1,9-12,15-16,23-25,30-32H2,2-4H3,(H,53,59). The summed E-state index contributed by atoms with van der Waals surface area (Å²) in [7, 11) is 4.79. The smallest absolute Gasteiger partial charge is 0.417 e. The van der Waals surface area contributed by atoms with Gasteiger partial charge in [0, 0.05) is 49.8 Å². The molecule has 1 fully saturated rings. The fourth-order valence-corrected chi connectivity index (χ4v) is 10.1. The molecule has 2 aliphatic carbocycles. The number of anilines is 1. The van der Waals surface area contributed by atoms with Gasteiger partial charge in [-0.2, -0.15) is 0 Å². The van der Waals surface area contributed by atoms with Crippen LogP contribution in [0, 0.1) is 17.8 Å². The molecule has 15 heteroatoms. The molecule has 354 valence electrons. The molecule has 8 rings (SSSR count). The Labute approximate surface area is 390 Å². The normalized spacial score (nSPS) is 22.6. The van der Waals surface area contributed by atoms with Crippen LogP contribution in [0.3, 0.4) is 0 Å². The second-order valence-corrected chi connectivity index (χ2v) is 17.1. The van der Waals surface area contributed by atoms with Gasteiger partial charge in [-0.05, 0) is 97.2 Å². The van der Waals surface area contributed by atoms with Crippen LogP contribution in [0.5, 0.6) is 34.5 Å². The Hall–Kier alpha value is -6.55. The number of allylic oxidation sites excluding steroid dienone is 1. The predicted octanol–water partition coefficient (Wildman–Crippen LogP) is 8.65. The number of aliphatic hydroxyl groups is 2. The summed E-state index contributed by atoms with van der Waals surface area (Å²) < 4.78 is 42.4. The van der Waals surface area contributed by atoms with Crippen molar-refractivity contribution in [3.8, 4) is 34.5 Å². The number of carbonyl (C=O) groups excluding carboxylic acids is 2. The first kappa shape index (κ1) is 47.0. The lowest BCUT2D eigenvalue weighted by atomic mass is 9.55. The molecule has 0 saturated heterocycles. The van der Waals surface area contributed by atoms with Crippen LogP contribution >= 0.6 is 0 Å². The van der Waals surface area contributed by atoms with Gasteiger partial charge in [0.05, 0.1) is 38.1 Å². The van der Waals surface area contributed by atoms with E-state index in [4.69, 9.17) is 43.2 Å². The zero-order valence-electron chi connectivity index (χ0n) is 38.2. The van der Waals surface area contributed by atoms with E-state index in [1.165, 1.54) is 7.11 Å². The Morgan fingerprint density at radius 3 is 2.42 bits per heavy atom. The molecule has 2 amide bonds. The number of carbonyl (C=O) groups is 2. The molecule has 2 aliphatic heterocycles. The minimum absolute atomic E-state index is 0.0103. The van der Waals surface area contributed by atoms with E-state index in [0.717, 1.165) is 42.4 Å². The van der Waals surface area contributed by atoms with E-state index in [1.807, 2.05) is 36.4 Å². The Bertz CT molecular complexity index is 2460.